The minimum atomic E-state index is -0.0666. The van der Waals surface area contributed by atoms with E-state index >= 15 is 0 Å². The van der Waals surface area contributed by atoms with E-state index in [1.165, 1.54) is 12.8 Å². The van der Waals surface area contributed by atoms with Crippen molar-refractivity contribution in [3.05, 3.63) is 23.4 Å². The van der Waals surface area contributed by atoms with Gasteiger partial charge in [-0.2, -0.15) is 0 Å². The molecule has 2 aromatic heterocycles. The lowest BCUT2D eigenvalue weighted by Gasteiger charge is -2.30. The van der Waals surface area contributed by atoms with Gasteiger partial charge in [-0.15, -0.1) is 20.4 Å². The van der Waals surface area contributed by atoms with E-state index in [1.807, 2.05) is 11.6 Å². The summed E-state index contributed by atoms with van der Waals surface area (Å²) in [5, 5.41) is 25.8. The summed E-state index contributed by atoms with van der Waals surface area (Å²) in [6.45, 7) is 2.62. The SMILES string of the molecule is Cn1c(CO)nnc1C1CCN(Cc2nnc(C3CC3)o2)CC1. The van der Waals surface area contributed by atoms with Crippen molar-refractivity contribution < 1.29 is 9.52 Å². The molecular formula is C15H22N6O2. The zero-order chi connectivity index (χ0) is 15.8. The number of aliphatic hydroxyl groups excluding tert-OH is 1. The molecular weight excluding hydrogens is 296 g/mol. The van der Waals surface area contributed by atoms with Crippen LogP contribution in [0.5, 0.6) is 0 Å². The predicted octanol–water partition coefficient (Wildman–Crippen LogP) is 0.947. The summed E-state index contributed by atoms with van der Waals surface area (Å²) in [6.07, 6.45) is 4.42. The van der Waals surface area contributed by atoms with Crippen molar-refractivity contribution in [2.75, 3.05) is 13.1 Å². The molecule has 124 valence electrons. The molecule has 2 fully saturated rings. The maximum atomic E-state index is 9.23. The Bertz CT molecular complexity index is 669. The van der Waals surface area contributed by atoms with Crippen LogP contribution in [0.4, 0.5) is 0 Å². The van der Waals surface area contributed by atoms with Crippen LogP contribution in [0.3, 0.4) is 0 Å². The third kappa shape index (κ3) is 3.00. The summed E-state index contributed by atoms with van der Waals surface area (Å²) in [5.41, 5.74) is 0. The first kappa shape index (κ1) is 14.8. The molecule has 1 saturated heterocycles. The van der Waals surface area contributed by atoms with Crippen LogP contribution < -0.4 is 0 Å². The van der Waals surface area contributed by atoms with E-state index in [0.29, 0.717) is 17.7 Å². The number of aliphatic hydroxyl groups is 1. The number of hydrogen-bond acceptors (Lipinski definition) is 7. The van der Waals surface area contributed by atoms with Gasteiger partial charge in [0.1, 0.15) is 12.4 Å². The molecule has 0 spiro atoms. The van der Waals surface area contributed by atoms with Gasteiger partial charge in [-0.1, -0.05) is 0 Å². The first-order chi connectivity index (χ1) is 11.2. The van der Waals surface area contributed by atoms with Crippen molar-refractivity contribution in [2.24, 2.45) is 7.05 Å². The number of nitrogens with zero attached hydrogens (tertiary/aromatic N) is 6. The van der Waals surface area contributed by atoms with Crippen molar-refractivity contribution >= 4 is 0 Å². The lowest BCUT2D eigenvalue weighted by atomic mass is 9.96. The Morgan fingerprint density at radius 3 is 2.48 bits per heavy atom. The summed E-state index contributed by atoms with van der Waals surface area (Å²) in [7, 11) is 1.92. The molecule has 1 saturated carbocycles. The summed E-state index contributed by atoms with van der Waals surface area (Å²) >= 11 is 0. The van der Waals surface area contributed by atoms with E-state index in [4.69, 9.17) is 4.42 Å². The molecule has 0 bridgehead atoms. The summed E-state index contributed by atoms with van der Waals surface area (Å²) in [4.78, 5) is 2.35. The average Bonchev–Trinajstić information content (AvgIpc) is 3.21. The van der Waals surface area contributed by atoms with Crippen LogP contribution in [0.25, 0.3) is 0 Å². The molecule has 0 atom stereocenters. The zero-order valence-electron chi connectivity index (χ0n) is 13.4. The standard InChI is InChI=1S/C15H22N6O2/c1-20-12(9-22)16-18-14(20)10-4-6-21(7-5-10)8-13-17-19-15(23-13)11-2-3-11/h10-11,22H,2-9H2,1H3. The Balaban J connectivity index is 1.33. The van der Waals surface area contributed by atoms with Crippen LogP contribution in [0.2, 0.25) is 0 Å². The fraction of sp³-hybridized carbons (Fsp3) is 0.733. The number of aromatic nitrogens is 5. The third-order valence-corrected chi connectivity index (χ3v) is 4.86. The van der Waals surface area contributed by atoms with Crippen molar-refractivity contribution in [3.63, 3.8) is 0 Å². The van der Waals surface area contributed by atoms with Gasteiger partial charge in [-0.25, -0.2) is 0 Å². The van der Waals surface area contributed by atoms with Crippen LogP contribution in [0.1, 0.15) is 60.9 Å². The molecule has 4 rings (SSSR count). The van der Waals surface area contributed by atoms with E-state index in [2.05, 4.69) is 25.3 Å². The number of likely N-dealkylation sites (tertiary alicyclic amines) is 1. The Kier molecular flexibility index (Phi) is 3.86. The minimum Gasteiger partial charge on any atom is -0.424 e. The summed E-state index contributed by atoms with van der Waals surface area (Å²) in [6, 6.07) is 0. The van der Waals surface area contributed by atoms with Gasteiger partial charge in [-0.05, 0) is 38.8 Å². The highest BCUT2D eigenvalue weighted by Crippen LogP contribution is 2.39. The molecule has 2 aromatic rings. The fourth-order valence-corrected chi connectivity index (χ4v) is 3.23. The molecule has 23 heavy (non-hydrogen) atoms. The van der Waals surface area contributed by atoms with Gasteiger partial charge < -0.3 is 14.1 Å². The van der Waals surface area contributed by atoms with E-state index < -0.39 is 0 Å². The Hall–Kier alpha value is -1.80. The average molecular weight is 318 g/mol. The zero-order valence-corrected chi connectivity index (χ0v) is 13.4. The van der Waals surface area contributed by atoms with Gasteiger partial charge in [0.05, 0.1) is 6.54 Å². The van der Waals surface area contributed by atoms with E-state index in [-0.39, 0.29) is 6.61 Å². The van der Waals surface area contributed by atoms with Crippen LogP contribution in [0.15, 0.2) is 4.42 Å². The Labute approximate surface area is 134 Å². The van der Waals surface area contributed by atoms with E-state index in [9.17, 15) is 5.11 Å². The maximum Gasteiger partial charge on any atom is 0.230 e. The molecule has 1 N–H and O–H groups in total. The smallest absolute Gasteiger partial charge is 0.230 e. The summed E-state index contributed by atoms with van der Waals surface area (Å²) < 4.78 is 7.66. The highest BCUT2D eigenvalue weighted by Gasteiger charge is 2.30. The van der Waals surface area contributed by atoms with Crippen LogP contribution in [0, 0.1) is 0 Å². The normalized spacial score (nSPS) is 20.3. The fourth-order valence-electron chi connectivity index (χ4n) is 3.23. The number of rotatable bonds is 5. The van der Waals surface area contributed by atoms with Gasteiger partial charge in [0.2, 0.25) is 11.8 Å². The molecule has 8 nitrogen and oxygen atoms in total. The second-order valence-corrected chi connectivity index (χ2v) is 6.55. The molecule has 0 aromatic carbocycles. The molecule has 2 aliphatic rings. The second kappa shape index (κ2) is 6.01. The monoisotopic (exact) mass is 318 g/mol. The predicted molar refractivity (Wildman–Crippen MR) is 80.5 cm³/mol. The van der Waals surface area contributed by atoms with E-state index in [0.717, 1.165) is 50.1 Å². The van der Waals surface area contributed by atoms with Crippen molar-refractivity contribution in [1.82, 2.24) is 29.9 Å². The minimum absolute atomic E-state index is 0.0666. The quantitative estimate of drug-likeness (QED) is 0.877. The highest BCUT2D eigenvalue weighted by molar-refractivity contribution is 5.03. The van der Waals surface area contributed by atoms with Crippen LogP contribution >= 0.6 is 0 Å². The molecule has 3 heterocycles. The van der Waals surface area contributed by atoms with Crippen molar-refractivity contribution in [3.8, 4) is 0 Å². The first-order valence-electron chi connectivity index (χ1n) is 8.28. The Morgan fingerprint density at radius 1 is 1.04 bits per heavy atom. The Morgan fingerprint density at radius 2 is 1.83 bits per heavy atom. The molecule has 1 aliphatic heterocycles. The van der Waals surface area contributed by atoms with Crippen LogP contribution in [-0.4, -0.2) is 48.1 Å². The van der Waals surface area contributed by atoms with Crippen molar-refractivity contribution in [2.45, 2.75) is 50.7 Å². The van der Waals surface area contributed by atoms with Gasteiger partial charge in [-0.3, -0.25) is 4.90 Å². The highest BCUT2D eigenvalue weighted by atomic mass is 16.4. The second-order valence-electron chi connectivity index (χ2n) is 6.55. The van der Waals surface area contributed by atoms with Gasteiger partial charge >= 0.3 is 0 Å². The number of hydrogen-bond donors (Lipinski definition) is 1. The van der Waals surface area contributed by atoms with E-state index in [1.54, 1.807) is 0 Å². The lowest BCUT2D eigenvalue weighted by Crippen LogP contribution is -2.33. The third-order valence-electron chi connectivity index (χ3n) is 4.86. The lowest BCUT2D eigenvalue weighted by molar-refractivity contribution is 0.182. The molecule has 0 amide bonds. The van der Waals surface area contributed by atoms with Gasteiger partial charge in [0.15, 0.2) is 5.82 Å². The van der Waals surface area contributed by atoms with Gasteiger partial charge in [0.25, 0.3) is 0 Å². The topological polar surface area (TPSA) is 93.1 Å². The van der Waals surface area contributed by atoms with Crippen LogP contribution in [-0.2, 0) is 20.2 Å². The van der Waals surface area contributed by atoms with Crippen molar-refractivity contribution in [1.29, 1.82) is 0 Å². The maximum absolute atomic E-state index is 9.23. The number of piperidine rings is 1. The molecule has 1 aliphatic carbocycles. The first-order valence-corrected chi connectivity index (χ1v) is 8.28. The van der Waals surface area contributed by atoms with Gasteiger partial charge in [0, 0.05) is 18.9 Å². The summed E-state index contributed by atoms with van der Waals surface area (Å²) in [5.74, 6) is 4.05. The largest absolute Gasteiger partial charge is 0.424 e. The molecule has 8 heteroatoms. The molecule has 0 unspecified atom stereocenters. The molecule has 0 radical (unpaired) electrons.